The highest BCUT2D eigenvalue weighted by molar-refractivity contribution is 6.30. The highest BCUT2D eigenvalue weighted by atomic mass is 35.5. The van der Waals surface area contributed by atoms with Crippen LogP contribution in [0, 0.1) is 5.82 Å². The van der Waals surface area contributed by atoms with Crippen LogP contribution in [-0.2, 0) is 6.54 Å². The molecule has 0 spiro atoms. The molecule has 2 aromatic heterocycles. The fourth-order valence-corrected chi connectivity index (χ4v) is 2.00. The largest absolute Gasteiger partial charge is 0.380 e. The van der Waals surface area contributed by atoms with Crippen LogP contribution in [0.4, 0.5) is 10.1 Å². The van der Waals surface area contributed by atoms with E-state index in [1.165, 1.54) is 6.07 Å². The number of halogens is 2. The summed E-state index contributed by atoms with van der Waals surface area (Å²) in [4.78, 5) is 4.31. The van der Waals surface area contributed by atoms with E-state index in [1.54, 1.807) is 29.2 Å². The molecule has 1 aromatic carbocycles. The number of anilines is 1. The van der Waals surface area contributed by atoms with Crippen molar-refractivity contribution in [2.24, 2.45) is 0 Å². The van der Waals surface area contributed by atoms with Crippen LogP contribution in [0.25, 0.3) is 5.82 Å². The third-order valence-corrected chi connectivity index (χ3v) is 3.27. The van der Waals surface area contributed by atoms with Gasteiger partial charge < -0.3 is 5.32 Å². The minimum absolute atomic E-state index is 0.129. The van der Waals surface area contributed by atoms with E-state index in [2.05, 4.69) is 15.4 Å². The number of hydrogen-bond donors (Lipinski definition) is 1. The monoisotopic (exact) mass is 302 g/mol. The van der Waals surface area contributed by atoms with E-state index >= 15 is 0 Å². The van der Waals surface area contributed by atoms with Gasteiger partial charge in [0.1, 0.15) is 5.82 Å². The van der Waals surface area contributed by atoms with Gasteiger partial charge in [0.15, 0.2) is 5.82 Å². The second-order valence-corrected chi connectivity index (χ2v) is 4.86. The lowest BCUT2D eigenvalue weighted by molar-refractivity contribution is 0.626. The predicted molar refractivity (Wildman–Crippen MR) is 80.1 cm³/mol. The van der Waals surface area contributed by atoms with Gasteiger partial charge in [-0.25, -0.2) is 14.1 Å². The molecule has 3 rings (SSSR count). The van der Waals surface area contributed by atoms with Crippen molar-refractivity contribution in [1.29, 1.82) is 0 Å². The summed E-state index contributed by atoms with van der Waals surface area (Å²) in [5, 5.41) is 7.41. The Balaban J connectivity index is 1.66. The maximum absolute atomic E-state index is 13.3. The van der Waals surface area contributed by atoms with Gasteiger partial charge in [-0.05, 0) is 35.9 Å². The summed E-state index contributed by atoms with van der Waals surface area (Å²) >= 11 is 5.65. The molecule has 106 valence electrons. The Morgan fingerprint density at radius 2 is 2.14 bits per heavy atom. The molecule has 0 unspecified atom stereocenters. The lowest BCUT2D eigenvalue weighted by Crippen LogP contribution is -2.02. The van der Waals surface area contributed by atoms with Crippen molar-refractivity contribution >= 4 is 17.3 Å². The molecule has 0 saturated carbocycles. The predicted octanol–water partition coefficient (Wildman–Crippen LogP) is 3.67. The fourth-order valence-electron chi connectivity index (χ4n) is 1.88. The summed E-state index contributed by atoms with van der Waals surface area (Å²) in [6.07, 6.45) is 5.23. The van der Waals surface area contributed by atoms with Crippen molar-refractivity contribution < 1.29 is 4.39 Å². The first-order chi connectivity index (χ1) is 10.2. The van der Waals surface area contributed by atoms with Gasteiger partial charge in [0.2, 0.25) is 0 Å². The SMILES string of the molecule is Fc1cc(CNc2ccc(-n3cccn3)nc2)ccc1Cl. The summed E-state index contributed by atoms with van der Waals surface area (Å²) < 4.78 is 15.0. The zero-order valence-electron chi connectivity index (χ0n) is 11.0. The van der Waals surface area contributed by atoms with Gasteiger partial charge in [-0.15, -0.1) is 0 Å². The van der Waals surface area contributed by atoms with Gasteiger partial charge in [0.25, 0.3) is 0 Å². The molecular formula is C15H12ClFN4. The molecule has 0 aliphatic heterocycles. The molecule has 21 heavy (non-hydrogen) atoms. The van der Waals surface area contributed by atoms with E-state index in [1.807, 2.05) is 24.4 Å². The second kappa shape index (κ2) is 5.93. The molecule has 0 saturated heterocycles. The summed E-state index contributed by atoms with van der Waals surface area (Å²) in [6.45, 7) is 0.497. The van der Waals surface area contributed by atoms with Gasteiger partial charge in [-0.3, -0.25) is 0 Å². The van der Waals surface area contributed by atoms with Crippen molar-refractivity contribution in [3.05, 3.63) is 71.4 Å². The summed E-state index contributed by atoms with van der Waals surface area (Å²) in [5.74, 6) is 0.325. The van der Waals surface area contributed by atoms with Gasteiger partial charge in [-0.2, -0.15) is 5.10 Å². The highest BCUT2D eigenvalue weighted by Gasteiger charge is 2.02. The van der Waals surface area contributed by atoms with Crippen molar-refractivity contribution in [1.82, 2.24) is 14.8 Å². The molecule has 0 aliphatic rings. The first-order valence-electron chi connectivity index (χ1n) is 6.36. The average molecular weight is 303 g/mol. The number of pyridine rings is 1. The van der Waals surface area contributed by atoms with Crippen LogP contribution in [-0.4, -0.2) is 14.8 Å². The third-order valence-electron chi connectivity index (χ3n) is 2.97. The van der Waals surface area contributed by atoms with Crippen molar-refractivity contribution in [3.63, 3.8) is 0 Å². The van der Waals surface area contributed by atoms with Crippen LogP contribution in [0.2, 0.25) is 5.02 Å². The molecule has 0 amide bonds. The Bertz CT molecular complexity index is 726. The van der Waals surface area contributed by atoms with Gasteiger partial charge in [0, 0.05) is 18.9 Å². The van der Waals surface area contributed by atoms with E-state index in [-0.39, 0.29) is 5.02 Å². The zero-order chi connectivity index (χ0) is 14.7. The maximum atomic E-state index is 13.3. The third kappa shape index (κ3) is 3.20. The maximum Gasteiger partial charge on any atom is 0.153 e. The standard InChI is InChI=1S/C15H12ClFN4/c16-13-4-2-11(8-14(13)17)9-18-12-3-5-15(19-10-12)21-7-1-6-20-21/h1-8,10,18H,9H2. The highest BCUT2D eigenvalue weighted by Crippen LogP contribution is 2.17. The number of aromatic nitrogens is 3. The fraction of sp³-hybridized carbons (Fsp3) is 0.0667. The Morgan fingerprint density at radius 3 is 2.81 bits per heavy atom. The van der Waals surface area contributed by atoms with Gasteiger partial charge >= 0.3 is 0 Å². The van der Waals surface area contributed by atoms with E-state index in [9.17, 15) is 4.39 Å². The number of hydrogen-bond acceptors (Lipinski definition) is 3. The topological polar surface area (TPSA) is 42.7 Å². The molecule has 0 radical (unpaired) electrons. The lowest BCUT2D eigenvalue weighted by atomic mass is 10.2. The second-order valence-electron chi connectivity index (χ2n) is 4.46. The number of nitrogens with zero attached hydrogens (tertiary/aromatic N) is 3. The van der Waals surface area contributed by atoms with Crippen LogP contribution >= 0.6 is 11.6 Å². The van der Waals surface area contributed by atoms with Gasteiger partial charge in [0.05, 0.1) is 16.9 Å². The Morgan fingerprint density at radius 1 is 1.24 bits per heavy atom. The quantitative estimate of drug-likeness (QED) is 0.799. The van der Waals surface area contributed by atoms with Crippen LogP contribution in [0.15, 0.2) is 55.0 Å². The van der Waals surface area contributed by atoms with Crippen LogP contribution < -0.4 is 5.32 Å². The summed E-state index contributed by atoms with van der Waals surface area (Å²) in [5.41, 5.74) is 1.66. The average Bonchev–Trinajstić information content (AvgIpc) is 3.03. The molecule has 3 aromatic rings. The minimum atomic E-state index is -0.414. The number of rotatable bonds is 4. The van der Waals surface area contributed by atoms with E-state index in [4.69, 9.17) is 11.6 Å². The first kappa shape index (κ1) is 13.6. The van der Waals surface area contributed by atoms with E-state index in [0.29, 0.717) is 6.54 Å². The first-order valence-corrected chi connectivity index (χ1v) is 6.74. The normalized spacial score (nSPS) is 10.6. The molecule has 0 atom stereocenters. The lowest BCUT2D eigenvalue weighted by Gasteiger charge is -2.07. The Hall–Kier alpha value is -2.40. The smallest absolute Gasteiger partial charge is 0.153 e. The molecular weight excluding hydrogens is 291 g/mol. The number of nitrogens with one attached hydrogen (secondary N) is 1. The molecule has 0 bridgehead atoms. The number of benzene rings is 1. The van der Waals surface area contributed by atoms with E-state index < -0.39 is 5.82 Å². The van der Waals surface area contributed by atoms with Crippen molar-refractivity contribution in [2.75, 3.05) is 5.32 Å². The van der Waals surface area contributed by atoms with Gasteiger partial charge in [-0.1, -0.05) is 17.7 Å². The summed E-state index contributed by atoms with van der Waals surface area (Å²) in [6, 6.07) is 10.3. The molecule has 2 heterocycles. The van der Waals surface area contributed by atoms with Crippen molar-refractivity contribution in [2.45, 2.75) is 6.54 Å². The molecule has 1 N–H and O–H groups in total. The zero-order valence-corrected chi connectivity index (χ0v) is 11.8. The summed E-state index contributed by atoms with van der Waals surface area (Å²) in [7, 11) is 0. The Labute approximate surface area is 126 Å². The molecule has 4 nitrogen and oxygen atoms in total. The van der Waals surface area contributed by atoms with Crippen LogP contribution in [0.3, 0.4) is 0 Å². The van der Waals surface area contributed by atoms with Crippen LogP contribution in [0.5, 0.6) is 0 Å². The molecule has 0 aliphatic carbocycles. The molecule has 0 fully saturated rings. The van der Waals surface area contributed by atoms with Crippen LogP contribution in [0.1, 0.15) is 5.56 Å². The minimum Gasteiger partial charge on any atom is -0.380 e. The molecule has 6 heteroatoms. The van der Waals surface area contributed by atoms with Crippen molar-refractivity contribution in [3.8, 4) is 5.82 Å². The Kier molecular flexibility index (Phi) is 3.83. The van der Waals surface area contributed by atoms with E-state index in [0.717, 1.165) is 17.1 Å².